The summed E-state index contributed by atoms with van der Waals surface area (Å²) in [5, 5.41) is 5.74. The Morgan fingerprint density at radius 2 is 1.95 bits per heavy atom. The highest BCUT2D eigenvalue weighted by molar-refractivity contribution is 9.10. The molecule has 2 aromatic rings. The van der Waals surface area contributed by atoms with Crippen LogP contribution in [-0.2, 0) is 0 Å². The van der Waals surface area contributed by atoms with Gasteiger partial charge in [-0.1, -0.05) is 37.3 Å². The molecule has 1 nitrogen and oxygen atoms in total. The van der Waals surface area contributed by atoms with Crippen LogP contribution in [0, 0.1) is 0 Å². The van der Waals surface area contributed by atoms with Gasteiger partial charge in [0.15, 0.2) is 0 Å². The standard InChI is InChI=1S/C16H20BrNS/c1-12(14-6-4-3-5-7-14)8-9-18-13(2)16-10-15(17)11-19-16/h3-7,10-13,18H,8-9H2,1-2H3. The Bertz CT molecular complexity index is 494. The molecule has 1 aromatic heterocycles. The summed E-state index contributed by atoms with van der Waals surface area (Å²) in [5.41, 5.74) is 1.43. The molecule has 0 aliphatic rings. The molecule has 1 aromatic carbocycles. The average molecular weight is 338 g/mol. The van der Waals surface area contributed by atoms with Crippen LogP contribution in [0.3, 0.4) is 0 Å². The highest BCUT2D eigenvalue weighted by Crippen LogP contribution is 2.25. The van der Waals surface area contributed by atoms with Crippen LogP contribution in [0.4, 0.5) is 0 Å². The van der Waals surface area contributed by atoms with Gasteiger partial charge in [-0.3, -0.25) is 0 Å². The lowest BCUT2D eigenvalue weighted by atomic mass is 9.98. The number of rotatable bonds is 6. The summed E-state index contributed by atoms with van der Waals surface area (Å²) in [7, 11) is 0. The van der Waals surface area contributed by atoms with Crippen LogP contribution in [0.1, 0.15) is 42.7 Å². The molecule has 0 aliphatic carbocycles. The fraction of sp³-hybridized carbons (Fsp3) is 0.375. The van der Waals surface area contributed by atoms with Gasteiger partial charge >= 0.3 is 0 Å². The molecule has 2 rings (SSSR count). The average Bonchev–Trinajstić information content (AvgIpc) is 2.86. The van der Waals surface area contributed by atoms with E-state index < -0.39 is 0 Å². The van der Waals surface area contributed by atoms with E-state index in [1.54, 1.807) is 11.3 Å². The molecule has 0 spiro atoms. The second-order valence-corrected chi connectivity index (χ2v) is 6.80. The van der Waals surface area contributed by atoms with Crippen molar-refractivity contribution in [1.29, 1.82) is 0 Å². The van der Waals surface area contributed by atoms with Crippen molar-refractivity contribution >= 4 is 27.3 Å². The van der Waals surface area contributed by atoms with Gasteiger partial charge in [0.05, 0.1) is 0 Å². The van der Waals surface area contributed by atoms with Gasteiger partial charge in [0.1, 0.15) is 0 Å². The Labute approximate surface area is 128 Å². The van der Waals surface area contributed by atoms with E-state index in [-0.39, 0.29) is 0 Å². The molecule has 0 aliphatic heterocycles. The number of hydrogen-bond acceptors (Lipinski definition) is 2. The molecular formula is C16H20BrNS. The third-order valence-corrected chi connectivity index (χ3v) is 5.29. The van der Waals surface area contributed by atoms with E-state index in [0.717, 1.165) is 6.54 Å². The van der Waals surface area contributed by atoms with Gasteiger partial charge < -0.3 is 5.32 Å². The van der Waals surface area contributed by atoms with Crippen molar-refractivity contribution in [2.75, 3.05) is 6.54 Å². The maximum absolute atomic E-state index is 3.60. The lowest BCUT2D eigenvalue weighted by Crippen LogP contribution is -2.20. The summed E-state index contributed by atoms with van der Waals surface area (Å²) < 4.78 is 1.18. The van der Waals surface area contributed by atoms with Crippen molar-refractivity contribution in [1.82, 2.24) is 5.32 Å². The highest BCUT2D eigenvalue weighted by atomic mass is 79.9. The van der Waals surface area contributed by atoms with Crippen LogP contribution in [0.5, 0.6) is 0 Å². The number of halogens is 1. The zero-order chi connectivity index (χ0) is 13.7. The summed E-state index contributed by atoms with van der Waals surface area (Å²) in [6.07, 6.45) is 1.17. The van der Waals surface area contributed by atoms with Crippen LogP contribution in [0.25, 0.3) is 0 Å². The molecule has 2 unspecified atom stereocenters. The molecule has 0 saturated heterocycles. The molecule has 19 heavy (non-hydrogen) atoms. The zero-order valence-electron chi connectivity index (χ0n) is 11.4. The van der Waals surface area contributed by atoms with Gasteiger partial charge in [-0.25, -0.2) is 0 Å². The molecule has 102 valence electrons. The molecule has 0 radical (unpaired) electrons. The van der Waals surface area contributed by atoms with Gasteiger partial charge in [0, 0.05) is 20.8 Å². The number of hydrogen-bond donors (Lipinski definition) is 1. The van der Waals surface area contributed by atoms with Crippen LogP contribution < -0.4 is 5.32 Å². The Kier molecular flexibility index (Phi) is 5.61. The van der Waals surface area contributed by atoms with E-state index in [4.69, 9.17) is 0 Å². The second kappa shape index (κ2) is 7.22. The van der Waals surface area contributed by atoms with Crippen molar-refractivity contribution in [2.45, 2.75) is 32.2 Å². The number of nitrogens with one attached hydrogen (secondary N) is 1. The topological polar surface area (TPSA) is 12.0 Å². The molecule has 0 saturated carbocycles. The first kappa shape index (κ1) is 14.8. The van der Waals surface area contributed by atoms with Crippen molar-refractivity contribution in [3.05, 3.63) is 56.7 Å². The monoisotopic (exact) mass is 337 g/mol. The molecular weight excluding hydrogens is 318 g/mol. The van der Waals surface area contributed by atoms with Crippen molar-refractivity contribution in [3.8, 4) is 0 Å². The van der Waals surface area contributed by atoms with E-state index in [0.29, 0.717) is 12.0 Å². The predicted octanol–water partition coefficient (Wildman–Crippen LogP) is 5.36. The third kappa shape index (κ3) is 4.44. The number of thiophene rings is 1. The van der Waals surface area contributed by atoms with E-state index >= 15 is 0 Å². The van der Waals surface area contributed by atoms with Crippen LogP contribution >= 0.6 is 27.3 Å². The predicted molar refractivity (Wildman–Crippen MR) is 87.9 cm³/mol. The Hall–Kier alpha value is -0.640. The molecule has 1 heterocycles. The van der Waals surface area contributed by atoms with Crippen molar-refractivity contribution < 1.29 is 0 Å². The first-order valence-electron chi connectivity index (χ1n) is 6.69. The Balaban J connectivity index is 1.77. The smallest absolute Gasteiger partial charge is 0.0386 e. The van der Waals surface area contributed by atoms with Gasteiger partial charge in [0.25, 0.3) is 0 Å². The SMILES string of the molecule is CC(CCNC(C)c1cc(Br)cs1)c1ccccc1. The summed E-state index contributed by atoms with van der Waals surface area (Å²) in [6.45, 7) is 5.57. The summed E-state index contributed by atoms with van der Waals surface area (Å²) >= 11 is 5.31. The fourth-order valence-electron chi connectivity index (χ4n) is 2.12. The van der Waals surface area contributed by atoms with Crippen molar-refractivity contribution in [2.24, 2.45) is 0 Å². The minimum absolute atomic E-state index is 0.430. The van der Waals surface area contributed by atoms with E-state index in [1.807, 2.05) is 0 Å². The van der Waals surface area contributed by atoms with Crippen molar-refractivity contribution in [3.63, 3.8) is 0 Å². The molecule has 0 bridgehead atoms. The lowest BCUT2D eigenvalue weighted by molar-refractivity contribution is 0.536. The van der Waals surface area contributed by atoms with E-state index in [9.17, 15) is 0 Å². The molecule has 2 atom stereocenters. The summed E-state index contributed by atoms with van der Waals surface area (Å²) in [6, 6.07) is 13.4. The molecule has 3 heteroatoms. The minimum atomic E-state index is 0.430. The Morgan fingerprint density at radius 3 is 2.58 bits per heavy atom. The van der Waals surface area contributed by atoms with Crippen LogP contribution in [-0.4, -0.2) is 6.54 Å². The third-order valence-electron chi connectivity index (χ3n) is 3.41. The normalized spacial score (nSPS) is 14.3. The van der Waals surface area contributed by atoms with Gasteiger partial charge in [-0.05, 0) is 53.4 Å². The molecule has 0 fully saturated rings. The van der Waals surface area contributed by atoms with Gasteiger partial charge in [-0.2, -0.15) is 0 Å². The van der Waals surface area contributed by atoms with Gasteiger partial charge in [0.2, 0.25) is 0 Å². The minimum Gasteiger partial charge on any atom is -0.309 e. The summed E-state index contributed by atoms with van der Waals surface area (Å²) in [5.74, 6) is 0.607. The largest absolute Gasteiger partial charge is 0.309 e. The fourth-order valence-corrected chi connectivity index (χ4v) is 3.60. The zero-order valence-corrected chi connectivity index (χ0v) is 13.8. The second-order valence-electron chi connectivity index (χ2n) is 4.94. The van der Waals surface area contributed by atoms with Crippen LogP contribution in [0.2, 0.25) is 0 Å². The van der Waals surface area contributed by atoms with E-state index in [1.165, 1.54) is 21.3 Å². The molecule has 0 amide bonds. The first-order chi connectivity index (χ1) is 9.16. The van der Waals surface area contributed by atoms with E-state index in [2.05, 4.69) is 76.9 Å². The highest BCUT2D eigenvalue weighted by Gasteiger charge is 2.09. The first-order valence-corrected chi connectivity index (χ1v) is 8.36. The Morgan fingerprint density at radius 1 is 1.21 bits per heavy atom. The quantitative estimate of drug-likeness (QED) is 0.748. The van der Waals surface area contributed by atoms with Crippen LogP contribution in [0.15, 0.2) is 46.3 Å². The summed E-state index contributed by atoms with van der Waals surface area (Å²) in [4.78, 5) is 1.39. The molecule has 1 N–H and O–H groups in total. The maximum Gasteiger partial charge on any atom is 0.0386 e. The van der Waals surface area contributed by atoms with Gasteiger partial charge in [-0.15, -0.1) is 11.3 Å². The number of benzene rings is 1. The maximum atomic E-state index is 3.60. The lowest BCUT2D eigenvalue weighted by Gasteiger charge is -2.15.